The number of anilines is 1. The molecule has 0 radical (unpaired) electrons. The van der Waals surface area contributed by atoms with Gasteiger partial charge in [0.1, 0.15) is 6.04 Å². The van der Waals surface area contributed by atoms with Gasteiger partial charge in [-0.2, -0.15) is 0 Å². The number of hydrogen-bond acceptors (Lipinski definition) is 4. The molecule has 7 heteroatoms. The summed E-state index contributed by atoms with van der Waals surface area (Å²) in [6.45, 7) is 7.79. The molecule has 0 aromatic carbocycles. The molecule has 106 valence electrons. The number of aromatic nitrogens is 1. The number of nitrogens with zero attached hydrogens (tertiary/aromatic N) is 1. The highest BCUT2D eigenvalue weighted by molar-refractivity contribution is 7.13. The Balaban J connectivity index is 2.62. The minimum absolute atomic E-state index is 0.0834. The number of hydrogen-bond donors (Lipinski definition) is 3. The van der Waals surface area contributed by atoms with Crippen LogP contribution in [0, 0.1) is 0 Å². The van der Waals surface area contributed by atoms with Crippen LogP contribution in [0.25, 0.3) is 0 Å². The Bertz CT molecular complexity index is 465. The molecule has 1 heterocycles. The third-order valence-corrected chi connectivity index (χ3v) is 3.26. The Labute approximate surface area is 116 Å². The van der Waals surface area contributed by atoms with Gasteiger partial charge in [0.05, 0.1) is 5.69 Å². The number of urea groups is 1. The number of amides is 2. The van der Waals surface area contributed by atoms with Crippen molar-refractivity contribution < 1.29 is 14.7 Å². The second-order valence-corrected chi connectivity index (χ2v) is 6.04. The first-order valence-electron chi connectivity index (χ1n) is 6.00. The first-order valence-corrected chi connectivity index (χ1v) is 6.88. The van der Waals surface area contributed by atoms with Crippen molar-refractivity contribution in [1.29, 1.82) is 0 Å². The van der Waals surface area contributed by atoms with Gasteiger partial charge < -0.3 is 10.4 Å². The number of carboxylic acids is 1. The van der Waals surface area contributed by atoms with E-state index in [0.717, 1.165) is 5.69 Å². The smallest absolute Gasteiger partial charge is 0.326 e. The molecule has 0 aliphatic heterocycles. The fourth-order valence-electron chi connectivity index (χ4n) is 1.31. The summed E-state index contributed by atoms with van der Waals surface area (Å²) in [5, 5.41) is 16.1. The van der Waals surface area contributed by atoms with E-state index in [1.807, 2.05) is 26.2 Å². The van der Waals surface area contributed by atoms with Crippen LogP contribution < -0.4 is 10.6 Å². The van der Waals surface area contributed by atoms with Crippen molar-refractivity contribution in [2.75, 3.05) is 5.32 Å². The maximum Gasteiger partial charge on any atom is 0.326 e. The van der Waals surface area contributed by atoms with Crippen LogP contribution in [-0.2, 0) is 10.2 Å². The summed E-state index contributed by atoms with van der Waals surface area (Å²) < 4.78 is 0. The molecule has 0 bridgehead atoms. The Morgan fingerprint density at radius 3 is 2.53 bits per heavy atom. The molecule has 1 rings (SSSR count). The van der Waals surface area contributed by atoms with Crippen LogP contribution in [0.5, 0.6) is 0 Å². The highest BCUT2D eigenvalue weighted by Crippen LogP contribution is 2.26. The molecule has 6 nitrogen and oxygen atoms in total. The number of aliphatic carboxylic acids is 1. The second-order valence-electron chi connectivity index (χ2n) is 5.19. The van der Waals surface area contributed by atoms with Gasteiger partial charge in [-0.25, -0.2) is 14.6 Å². The van der Waals surface area contributed by atoms with Crippen LogP contribution in [0.2, 0.25) is 0 Å². The number of nitrogens with one attached hydrogen (secondary N) is 2. The molecular weight excluding hydrogens is 266 g/mol. The molecule has 0 unspecified atom stereocenters. The van der Waals surface area contributed by atoms with E-state index in [4.69, 9.17) is 5.11 Å². The third kappa shape index (κ3) is 4.51. The SMILES string of the molecule is CC[C@@H](NC(=O)Nc1nc(C(C)(C)C)cs1)C(=O)O. The molecule has 0 spiro atoms. The van der Waals surface area contributed by atoms with E-state index < -0.39 is 18.0 Å². The van der Waals surface area contributed by atoms with Crippen LogP contribution in [-0.4, -0.2) is 28.1 Å². The Hall–Kier alpha value is -1.63. The lowest BCUT2D eigenvalue weighted by molar-refractivity contribution is -0.139. The molecule has 2 amide bonds. The molecule has 19 heavy (non-hydrogen) atoms. The van der Waals surface area contributed by atoms with Crippen molar-refractivity contribution in [2.24, 2.45) is 0 Å². The summed E-state index contributed by atoms with van der Waals surface area (Å²) in [4.78, 5) is 26.7. The van der Waals surface area contributed by atoms with Gasteiger partial charge in [0.2, 0.25) is 0 Å². The van der Waals surface area contributed by atoms with Crippen LogP contribution in [0.1, 0.15) is 39.8 Å². The quantitative estimate of drug-likeness (QED) is 0.792. The standard InChI is InChI=1S/C12H19N3O3S/c1-5-7(9(16)17)13-10(18)15-11-14-8(6-19-11)12(2,3)4/h6-7H,5H2,1-4H3,(H,16,17)(H2,13,14,15,18)/t7-/m1/s1. The van der Waals surface area contributed by atoms with E-state index >= 15 is 0 Å². The van der Waals surface area contributed by atoms with Crippen LogP contribution in [0.4, 0.5) is 9.93 Å². The molecule has 0 saturated carbocycles. The lowest BCUT2D eigenvalue weighted by atomic mass is 9.93. The molecule has 0 fully saturated rings. The maximum atomic E-state index is 11.6. The highest BCUT2D eigenvalue weighted by Gasteiger charge is 2.20. The van der Waals surface area contributed by atoms with Gasteiger partial charge in [-0.05, 0) is 6.42 Å². The Morgan fingerprint density at radius 1 is 1.47 bits per heavy atom. The van der Waals surface area contributed by atoms with Gasteiger partial charge in [0, 0.05) is 10.8 Å². The monoisotopic (exact) mass is 285 g/mol. The van der Waals surface area contributed by atoms with E-state index in [0.29, 0.717) is 11.6 Å². The predicted octanol–water partition coefficient (Wildman–Crippen LogP) is 2.43. The largest absolute Gasteiger partial charge is 0.480 e. The van der Waals surface area contributed by atoms with Crippen molar-refractivity contribution >= 4 is 28.5 Å². The summed E-state index contributed by atoms with van der Waals surface area (Å²) in [5.74, 6) is -1.05. The molecule has 0 aliphatic carbocycles. The van der Waals surface area contributed by atoms with E-state index in [1.54, 1.807) is 6.92 Å². The highest BCUT2D eigenvalue weighted by atomic mass is 32.1. The van der Waals surface area contributed by atoms with Gasteiger partial charge in [-0.15, -0.1) is 11.3 Å². The van der Waals surface area contributed by atoms with Crippen molar-refractivity contribution in [1.82, 2.24) is 10.3 Å². The van der Waals surface area contributed by atoms with Gasteiger partial charge in [-0.1, -0.05) is 27.7 Å². The number of carboxylic acid groups (broad SMARTS) is 1. The zero-order valence-corrected chi connectivity index (χ0v) is 12.3. The summed E-state index contributed by atoms with van der Waals surface area (Å²) in [6.07, 6.45) is 0.327. The van der Waals surface area contributed by atoms with Gasteiger partial charge in [0.25, 0.3) is 0 Å². The van der Waals surface area contributed by atoms with Crippen LogP contribution in [0.15, 0.2) is 5.38 Å². The first kappa shape index (κ1) is 15.4. The van der Waals surface area contributed by atoms with Crippen LogP contribution >= 0.6 is 11.3 Å². The molecule has 1 aromatic rings. The first-order chi connectivity index (χ1) is 8.74. The zero-order chi connectivity index (χ0) is 14.6. The average Bonchev–Trinajstić information content (AvgIpc) is 2.73. The molecule has 0 aliphatic rings. The van der Waals surface area contributed by atoms with Crippen molar-refractivity contribution in [3.63, 3.8) is 0 Å². The Kier molecular flexibility index (Phi) is 4.88. The number of carbonyl (C=O) groups excluding carboxylic acids is 1. The summed E-state index contributed by atoms with van der Waals surface area (Å²) in [5.41, 5.74) is 0.804. The fraction of sp³-hybridized carbons (Fsp3) is 0.583. The van der Waals surface area contributed by atoms with Crippen molar-refractivity contribution in [2.45, 2.75) is 45.6 Å². The summed E-state index contributed by atoms with van der Waals surface area (Å²) in [6, 6.07) is -1.44. The summed E-state index contributed by atoms with van der Waals surface area (Å²) in [7, 11) is 0. The Morgan fingerprint density at radius 2 is 2.11 bits per heavy atom. The van der Waals surface area contributed by atoms with Gasteiger partial charge in [0.15, 0.2) is 5.13 Å². The van der Waals surface area contributed by atoms with E-state index in [1.165, 1.54) is 11.3 Å². The predicted molar refractivity (Wildman–Crippen MR) is 74.7 cm³/mol. The minimum Gasteiger partial charge on any atom is -0.480 e. The zero-order valence-electron chi connectivity index (χ0n) is 11.5. The second kappa shape index (κ2) is 6.01. The molecular formula is C12H19N3O3S. The average molecular weight is 285 g/mol. The molecule has 3 N–H and O–H groups in total. The lowest BCUT2D eigenvalue weighted by Gasteiger charge is -2.14. The minimum atomic E-state index is -1.05. The molecule has 0 saturated heterocycles. The topological polar surface area (TPSA) is 91.3 Å². The molecule has 1 atom stereocenters. The summed E-state index contributed by atoms with van der Waals surface area (Å²) >= 11 is 1.32. The number of thiazole rings is 1. The maximum absolute atomic E-state index is 11.6. The van der Waals surface area contributed by atoms with E-state index in [2.05, 4.69) is 15.6 Å². The van der Waals surface area contributed by atoms with E-state index in [-0.39, 0.29) is 5.41 Å². The van der Waals surface area contributed by atoms with Crippen molar-refractivity contribution in [3.8, 4) is 0 Å². The lowest BCUT2D eigenvalue weighted by Crippen LogP contribution is -2.42. The van der Waals surface area contributed by atoms with E-state index in [9.17, 15) is 9.59 Å². The number of carbonyl (C=O) groups is 2. The van der Waals surface area contributed by atoms with Crippen LogP contribution in [0.3, 0.4) is 0 Å². The van der Waals surface area contributed by atoms with Gasteiger partial charge >= 0.3 is 12.0 Å². The fourth-order valence-corrected chi connectivity index (χ4v) is 2.24. The normalized spacial score (nSPS) is 12.8. The number of rotatable bonds is 4. The van der Waals surface area contributed by atoms with Crippen molar-refractivity contribution in [3.05, 3.63) is 11.1 Å². The molecule has 1 aromatic heterocycles. The van der Waals surface area contributed by atoms with Gasteiger partial charge in [-0.3, -0.25) is 5.32 Å². The third-order valence-electron chi connectivity index (χ3n) is 2.50.